The number of rotatable bonds is 7. The molecule has 6 nitrogen and oxygen atoms in total. The Balaban J connectivity index is 1.50. The molecule has 0 radical (unpaired) electrons. The van der Waals surface area contributed by atoms with E-state index in [9.17, 15) is 0 Å². The molecule has 146 valence electrons. The van der Waals surface area contributed by atoms with Gasteiger partial charge in [-0.3, -0.25) is 4.99 Å². The average Bonchev–Trinajstić information content (AvgIpc) is 3.20. The van der Waals surface area contributed by atoms with Gasteiger partial charge in [0.05, 0.1) is 19.0 Å². The summed E-state index contributed by atoms with van der Waals surface area (Å²) in [6, 6.07) is 16.3. The quantitative estimate of drug-likeness (QED) is 0.491. The monoisotopic (exact) mass is 377 g/mol. The number of nitrogens with zero attached hydrogens (tertiary/aromatic N) is 3. The van der Waals surface area contributed by atoms with Crippen molar-refractivity contribution in [3.05, 3.63) is 77.6 Å². The Labute approximate surface area is 166 Å². The predicted octanol–water partition coefficient (Wildman–Crippen LogP) is 3.10. The van der Waals surface area contributed by atoms with Crippen LogP contribution in [0.3, 0.4) is 0 Å². The van der Waals surface area contributed by atoms with E-state index in [1.807, 2.05) is 53.5 Å². The highest BCUT2D eigenvalue weighted by atomic mass is 16.5. The van der Waals surface area contributed by atoms with Crippen LogP contribution < -0.4 is 15.4 Å². The van der Waals surface area contributed by atoms with Crippen molar-refractivity contribution in [1.82, 2.24) is 20.4 Å². The molecule has 0 aliphatic rings. The van der Waals surface area contributed by atoms with Crippen LogP contribution in [0.25, 0.3) is 5.69 Å². The third-order valence-electron chi connectivity index (χ3n) is 4.46. The van der Waals surface area contributed by atoms with E-state index in [1.54, 1.807) is 14.2 Å². The van der Waals surface area contributed by atoms with Gasteiger partial charge < -0.3 is 15.4 Å². The molecule has 2 N–H and O–H groups in total. The van der Waals surface area contributed by atoms with Gasteiger partial charge in [-0.15, -0.1) is 0 Å². The SMILES string of the molecule is CN=C(NCCc1cc(C)ccc1OC)NCc1cnn(-c2ccccc2)c1. The van der Waals surface area contributed by atoms with Crippen molar-refractivity contribution in [1.29, 1.82) is 0 Å². The number of guanidine groups is 1. The first-order valence-corrected chi connectivity index (χ1v) is 9.36. The van der Waals surface area contributed by atoms with Gasteiger partial charge in [0, 0.05) is 31.9 Å². The van der Waals surface area contributed by atoms with Crippen molar-refractivity contribution in [2.75, 3.05) is 20.7 Å². The van der Waals surface area contributed by atoms with Gasteiger partial charge >= 0.3 is 0 Å². The molecule has 0 aliphatic heterocycles. The molecule has 0 amide bonds. The number of aryl methyl sites for hydroxylation is 1. The highest BCUT2D eigenvalue weighted by Crippen LogP contribution is 2.19. The molecule has 0 fully saturated rings. The molecule has 0 bridgehead atoms. The zero-order valence-electron chi connectivity index (χ0n) is 16.6. The molecular formula is C22H27N5O. The Morgan fingerprint density at radius 1 is 1.14 bits per heavy atom. The standard InChI is InChI=1S/C22H27N5O/c1-17-9-10-21(28-3)19(13-17)11-12-24-22(23-2)25-14-18-15-26-27(16-18)20-7-5-4-6-8-20/h4-10,13,15-16H,11-12,14H2,1-3H3,(H2,23,24,25). The number of aliphatic imine (C=N–C) groups is 1. The maximum Gasteiger partial charge on any atom is 0.191 e. The summed E-state index contributed by atoms with van der Waals surface area (Å²) in [5.74, 6) is 1.68. The number of benzene rings is 2. The summed E-state index contributed by atoms with van der Waals surface area (Å²) in [7, 11) is 3.48. The average molecular weight is 377 g/mol. The number of hydrogen-bond acceptors (Lipinski definition) is 3. The van der Waals surface area contributed by atoms with E-state index in [1.165, 1.54) is 11.1 Å². The maximum absolute atomic E-state index is 5.45. The molecule has 3 rings (SSSR count). The van der Waals surface area contributed by atoms with Crippen LogP contribution in [0.4, 0.5) is 0 Å². The number of aromatic nitrogens is 2. The molecule has 28 heavy (non-hydrogen) atoms. The highest BCUT2D eigenvalue weighted by molar-refractivity contribution is 5.79. The highest BCUT2D eigenvalue weighted by Gasteiger charge is 2.05. The van der Waals surface area contributed by atoms with Crippen molar-refractivity contribution in [2.45, 2.75) is 19.9 Å². The first-order chi connectivity index (χ1) is 13.7. The Morgan fingerprint density at radius 2 is 1.96 bits per heavy atom. The van der Waals surface area contributed by atoms with Gasteiger partial charge in [0.15, 0.2) is 5.96 Å². The number of para-hydroxylation sites is 1. The first-order valence-electron chi connectivity index (χ1n) is 9.36. The van der Waals surface area contributed by atoms with E-state index in [2.05, 4.69) is 39.8 Å². The van der Waals surface area contributed by atoms with Crippen molar-refractivity contribution in [3.8, 4) is 11.4 Å². The van der Waals surface area contributed by atoms with E-state index in [0.29, 0.717) is 6.54 Å². The molecule has 0 aliphatic carbocycles. The van der Waals surface area contributed by atoms with Crippen molar-refractivity contribution >= 4 is 5.96 Å². The molecule has 1 heterocycles. The maximum atomic E-state index is 5.45. The Morgan fingerprint density at radius 3 is 2.71 bits per heavy atom. The number of ether oxygens (including phenoxy) is 1. The summed E-state index contributed by atoms with van der Waals surface area (Å²) in [5, 5.41) is 11.1. The van der Waals surface area contributed by atoms with E-state index in [-0.39, 0.29) is 0 Å². The van der Waals surface area contributed by atoms with E-state index < -0.39 is 0 Å². The fourth-order valence-corrected chi connectivity index (χ4v) is 3.00. The second kappa shape index (κ2) is 9.60. The van der Waals surface area contributed by atoms with Crippen molar-refractivity contribution < 1.29 is 4.74 Å². The second-order valence-corrected chi connectivity index (χ2v) is 6.55. The van der Waals surface area contributed by atoms with Crippen LogP contribution in [0.5, 0.6) is 5.75 Å². The molecule has 0 saturated carbocycles. The summed E-state index contributed by atoms with van der Waals surface area (Å²) in [6.45, 7) is 3.51. The van der Waals surface area contributed by atoms with Crippen LogP contribution in [-0.2, 0) is 13.0 Å². The number of hydrogen-bond donors (Lipinski definition) is 2. The van der Waals surface area contributed by atoms with Gasteiger partial charge in [-0.05, 0) is 37.1 Å². The van der Waals surface area contributed by atoms with E-state index >= 15 is 0 Å². The summed E-state index contributed by atoms with van der Waals surface area (Å²) in [5.41, 5.74) is 4.55. The summed E-state index contributed by atoms with van der Waals surface area (Å²) < 4.78 is 7.32. The predicted molar refractivity (Wildman–Crippen MR) is 113 cm³/mol. The van der Waals surface area contributed by atoms with E-state index in [4.69, 9.17) is 4.74 Å². The van der Waals surface area contributed by atoms with Gasteiger partial charge in [0.25, 0.3) is 0 Å². The molecule has 2 aromatic carbocycles. The zero-order chi connectivity index (χ0) is 19.8. The summed E-state index contributed by atoms with van der Waals surface area (Å²) in [6.07, 6.45) is 4.75. The molecule has 0 spiro atoms. The van der Waals surface area contributed by atoms with Crippen LogP contribution in [0, 0.1) is 6.92 Å². The minimum absolute atomic E-state index is 0.653. The lowest BCUT2D eigenvalue weighted by molar-refractivity contribution is 0.409. The summed E-state index contributed by atoms with van der Waals surface area (Å²) in [4.78, 5) is 4.30. The van der Waals surface area contributed by atoms with Gasteiger partial charge in [-0.1, -0.05) is 35.9 Å². The van der Waals surface area contributed by atoms with Crippen LogP contribution in [-0.4, -0.2) is 36.4 Å². The molecule has 3 aromatic rings. The smallest absolute Gasteiger partial charge is 0.191 e. The number of nitrogens with one attached hydrogen (secondary N) is 2. The molecule has 0 saturated heterocycles. The Bertz CT molecular complexity index is 918. The zero-order valence-corrected chi connectivity index (χ0v) is 16.6. The Hall–Kier alpha value is -3.28. The lowest BCUT2D eigenvalue weighted by Gasteiger charge is -2.13. The molecule has 0 atom stereocenters. The molecular weight excluding hydrogens is 350 g/mol. The first kappa shape index (κ1) is 19.5. The second-order valence-electron chi connectivity index (χ2n) is 6.55. The van der Waals surface area contributed by atoms with Crippen LogP contribution >= 0.6 is 0 Å². The van der Waals surface area contributed by atoms with Crippen LogP contribution in [0.15, 0.2) is 65.9 Å². The molecule has 0 unspecified atom stereocenters. The molecule has 1 aromatic heterocycles. The normalized spacial score (nSPS) is 11.3. The topological polar surface area (TPSA) is 63.5 Å². The van der Waals surface area contributed by atoms with Crippen LogP contribution in [0.1, 0.15) is 16.7 Å². The summed E-state index contributed by atoms with van der Waals surface area (Å²) >= 11 is 0. The fraction of sp³-hybridized carbons (Fsp3) is 0.273. The third-order valence-corrected chi connectivity index (χ3v) is 4.46. The van der Waals surface area contributed by atoms with Crippen LogP contribution in [0.2, 0.25) is 0 Å². The van der Waals surface area contributed by atoms with Gasteiger partial charge in [-0.2, -0.15) is 5.10 Å². The van der Waals surface area contributed by atoms with Gasteiger partial charge in [0.1, 0.15) is 5.75 Å². The minimum atomic E-state index is 0.653. The largest absolute Gasteiger partial charge is 0.496 e. The third kappa shape index (κ3) is 5.13. The van der Waals surface area contributed by atoms with Gasteiger partial charge in [-0.25, -0.2) is 4.68 Å². The lowest BCUT2D eigenvalue weighted by Crippen LogP contribution is -2.37. The van der Waals surface area contributed by atoms with Crippen molar-refractivity contribution in [3.63, 3.8) is 0 Å². The van der Waals surface area contributed by atoms with E-state index in [0.717, 1.165) is 35.9 Å². The minimum Gasteiger partial charge on any atom is -0.496 e. The fourth-order valence-electron chi connectivity index (χ4n) is 3.00. The van der Waals surface area contributed by atoms with Gasteiger partial charge in [0.2, 0.25) is 0 Å². The van der Waals surface area contributed by atoms with Crippen molar-refractivity contribution in [2.24, 2.45) is 4.99 Å². The Kier molecular flexibility index (Phi) is 6.68. The number of methoxy groups -OCH3 is 1. The molecule has 6 heteroatoms. The lowest BCUT2D eigenvalue weighted by atomic mass is 10.1.